The van der Waals surface area contributed by atoms with E-state index >= 15 is 0 Å². The smallest absolute Gasteiger partial charge is 0.289 e. The summed E-state index contributed by atoms with van der Waals surface area (Å²) >= 11 is 3.21. The van der Waals surface area contributed by atoms with Gasteiger partial charge in [0.2, 0.25) is 5.91 Å². The molecule has 2 aliphatic rings. The van der Waals surface area contributed by atoms with Crippen LogP contribution in [0.1, 0.15) is 55.5 Å². The van der Waals surface area contributed by atoms with Crippen LogP contribution in [0, 0.1) is 5.92 Å². The molecule has 24 heavy (non-hydrogen) atoms. The maximum absolute atomic E-state index is 12.4. The molecule has 0 aromatic carbocycles. The maximum atomic E-state index is 12.4. The zero-order valence-corrected chi connectivity index (χ0v) is 15.6. The lowest BCUT2D eigenvalue weighted by Gasteiger charge is -2.34. The fourth-order valence-corrected chi connectivity index (χ4v) is 4.01. The number of carbonyl (C=O) groups excluding carboxylic acids is 2. The maximum Gasteiger partial charge on any atom is 0.289 e. The Hall–Kier alpha value is -1.30. The van der Waals surface area contributed by atoms with Crippen molar-refractivity contribution >= 4 is 27.7 Å². The average molecular weight is 397 g/mol. The highest BCUT2D eigenvalue weighted by atomic mass is 79.9. The van der Waals surface area contributed by atoms with Gasteiger partial charge in [-0.3, -0.25) is 9.59 Å². The Morgan fingerprint density at radius 1 is 1.04 bits per heavy atom. The Morgan fingerprint density at radius 2 is 1.71 bits per heavy atom. The van der Waals surface area contributed by atoms with E-state index in [2.05, 4.69) is 15.9 Å². The zero-order chi connectivity index (χ0) is 16.9. The molecule has 2 heterocycles. The lowest BCUT2D eigenvalue weighted by molar-refractivity contribution is -0.133. The largest absolute Gasteiger partial charge is 0.444 e. The quantitative estimate of drug-likeness (QED) is 0.779. The van der Waals surface area contributed by atoms with Crippen LogP contribution in [0.5, 0.6) is 0 Å². The predicted octanol–water partition coefficient (Wildman–Crippen LogP) is 3.69. The van der Waals surface area contributed by atoms with Crippen LogP contribution in [0.25, 0.3) is 0 Å². The van der Waals surface area contributed by atoms with E-state index in [0.29, 0.717) is 43.0 Å². The van der Waals surface area contributed by atoms with Crippen LogP contribution in [-0.2, 0) is 4.79 Å². The summed E-state index contributed by atoms with van der Waals surface area (Å²) in [6.45, 7) is 2.40. The normalized spacial score (nSPS) is 19.5. The monoisotopic (exact) mass is 396 g/mol. The predicted molar refractivity (Wildman–Crippen MR) is 94.7 cm³/mol. The van der Waals surface area contributed by atoms with E-state index in [1.807, 2.05) is 4.90 Å². The summed E-state index contributed by atoms with van der Waals surface area (Å²) in [5.74, 6) is 1.23. The van der Waals surface area contributed by atoms with Crippen LogP contribution in [0.2, 0.25) is 0 Å². The van der Waals surface area contributed by atoms with E-state index in [1.54, 1.807) is 17.0 Å². The van der Waals surface area contributed by atoms with E-state index in [1.165, 1.54) is 32.1 Å². The van der Waals surface area contributed by atoms with Crippen LogP contribution >= 0.6 is 15.9 Å². The van der Waals surface area contributed by atoms with Gasteiger partial charge < -0.3 is 14.2 Å². The van der Waals surface area contributed by atoms with E-state index in [-0.39, 0.29) is 11.8 Å². The number of nitrogens with zero attached hydrogens (tertiary/aromatic N) is 2. The summed E-state index contributed by atoms with van der Waals surface area (Å²) in [6.07, 6.45) is 8.25. The summed E-state index contributed by atoms with van der Waals surface area (Å²) in [5.41, 5.74) is 0. The van der Waals surface area contributed by atoms with E-state index < -0.39 is 0 Å². The number of hydrogen-bond donors (Lipinski definition) is 0. The molecule has 0 unspecified atom stereocenters. The topological polar surface area (TPSA) is 53.8 Å². The van der Waals surface area contributed by atoms with Gasteiger partial charge in [-0.15, -0.1) is 0 Å². The highest BCUT2D eigenvalue weighted by Gasteiger charge is 2.26. The molecule has 0 bridgehead atoms. The second-order valence-corrected chi connectivity index (χ2v) is 7.60. The van der Waals surface area contributed by atoms with E-state index in [9.17, 15) is 9.59 Å². The molecule has 5 nitrogen and oxygen atoms in total. The molecule has 132 valence electrons. The van der Waals surface area contributed by atoms with Crippen molar-refractivity contribution in [2.24, 2.45) is 5.92 Å². The van der Waals surface area contributed by atoms with Crippen LogP contribution in [0.3, 0.4) is 0 Å². The summed E-state index contributed by atoms with van der Waals surface area (Å²) < 4.78 is 5.88. The molecule has 2 amide bonds. The molecule has 1 saturated carbocycles. The first kappa shape index (κ1) is 17.5. The van der Waals surface area contributed by atoms with Crippen molar-refractivity contribution in [2.75, 3.05) is 26.2 Å². The number of hydrogen-bond acceptors (Lipinski definition) is 3. The molecular weight excluding hydrogens is 372 g/mol. The molecule has 0 spiro atoms. The molecule has 1 aliphatic carbocycles. The lowest BCUT2D eigenvalue weighted by atomic mass is 9.86. The summed E-state index contributed by atoms with van der Waals surface area (Å²) in [4.78, 5) is 28.4. The third kappa shape index (κ3) is 4.41. The van der Waals surface area contributed by atoms with Crippen LogP contribution in [-0.4, -0.2) is 47.8 Å². The van der Waals surface area contributed by atoms with Gasteiger partial charge in [-0.05, 0) is 40.4 Å². The summed E-state index contributed by atoms with van der Waals surface area (Å²) in [5, 5.41) is 0. The number of piperazine rings is 1. The molecule has 0 atom stereocenters. The Bertz CT molecular complexity index is 573. The second kappa shape index (κ2) is 8.19. The van der Waals surface area contributed by atoms with Gasteiger partial charge in [-0.25, -0.2) is 0 Å². The van der Waals surface area contributed by atoms with Crippen molar-refractivity contribution in [1.29, 1.82) is 0 Å². The molecule has 2 fully saturated rings. The standard InChI is InChI=1S/C18H25BrN2O3/c19-16-8-7-15(24-16)18(23)21-12-10-20(11-13-21)17(22)9-6-14-4-2-1-3-5-14/h7-8,14H,1-6,9-13H2. The first-order chi connectivity index (χ1) is 11.6. The van der Waals surface area contributed by atoms with Crippen molar-refractivity contribution in [3.8, 4) is 0 Å². The Balaban J connectivity index is 1.42. The first-order valence-electron chi connectivity index (χ1n) is 8.96. The molecular formula is C18H25BrN2O3. The number of furan rings is 1. The fourth-order valence-electron chi connectivity index (χ4n) is 3.71. The first-order valence-corrected chi connectivity index (χ1v) is 9.75. The Morgan fingerprint density at radius 3 is 2.33 bits per heavy atom. The number of rotatable bonds is 4. The molecule has 1 aromatic heterocycles. The van der Waals surface area contributed by atoms with Crippen molar-refractivity contribution in [3.05, 3.63) is 22.6 Å². The van der Waals surface area contributed by atoms with Gasteiger partial charge in [0.15, 0.2) is 10.4 Å². The highest BCUT2D eigenvalue weighted by Crippen LogP contribution is 2.27. The van der Waals surface area contributed by atoms with E-state index in [4.69, 9.17) is 4.42 Å². The van der Waals surface area contributed by atoms with Gasteiger partial charge in [0, 0.05) is 32.6 Å². The third-order valence-corrected chi connectivity index (χ3v) is 5.62. The molecule has 0 radical (unpaired) electrons. The lowest BCUT2D eigenvalue weighted by Crippen LogP contribution is -2.50. The van der Waals surface area contributed by atoms with Gasteiger partial charge in [0.05, 0.1) is 0 Å². The van der Waals surface area contributed by atoms with Crippen molar-refractivity contribution in [3.63, 3.8) is 0 Å². The molecule has 0 N–H and O–H groups in total. The zero-order valence-electron chi connectivity index (χ0n) is 14.0. The number of carbonyl (C=O) groups is 2. The number of halogens is 1. The van der Waals surface area contributed by atoms with Crippen molar-refractivity contribution in [1.82, 2.24) is 9.80 Å². The third-order valence-electron chi connectivity index (χ3n) is 5.19. The SMILES string of the molecule is O=C(CCC1CCCCC1)N1CCN(C(=O)c2ccc(Br)o2)CC1. The van der Waals surface area contributed by atoms with Crippen molar-refractivity contribution < 1.29 is 14.0 Å². The molecule has 1 saturated heterocycles. The minimum absolute atomic E-state index is 0.102. The van der Waals surface area contributed by atoms with Crippen LogP contribution in [0.4, 0.5) is 0 Å². The van der Waals surface area contributed by atoms with Gasteiger partial charge >= 0.3 is 0 Å². The van der Waals surface area contributed by atoms with Crippen LogP contribution in [0.15, 0.2) is 21.2 Å². The summed E-state index contributed by atoms with van der Waals surface area (Å²) in [7, 11) is 0. The van der Waals surface area contributed by atoms with Crippen LogP contribution < -0.4 is 0 Å². The minimum Gasteiger partial charge on any atom is -0.444 e. The van der Waals surface area contributed by atoms with Gasteiger partial charge in [-0.1, -0.05) is 32.1 Å². The summed E-state index contributed by atoms with van der Waals surface area (Å²) in [6, 6.07) is 3.40. The molecule has 3 rings (SSSR count). The Kier molecular flexibility index (Phi) is 5.98. The minimum atomic E-state index is -0.102. The highest BCUT2D eigenvalue weighted by molar-refractivity contribution is 9.10. The second-order valence-electron chi connectivity index (χ2n) is 6.82. The van der Waals surface area contributed by atoms with Crippen molar-refractivity contribution in [2.45, 2.75) is 44.9 Å². The molecule has 6 heteroatoms. The molecule has 1 aromatic rings. The number of amides is 2. The van der Waals surface area contributed by atoms with Gasteiger partial charge in [0.1, 0.15) is 0 Å². The molecule has 1 aliphatic heterocycles. The van der Waals surface area contributed by atoms with E-state index in [0.717, 1.165) is 12.3 Å². The van der Waals surface area contributed by atoms with Gasteiger partial charge in [-0.2, -0.15) is 0 Å². The van der Waals surface area contributed by atoms with Gasteiger partial charge in [0.25, 0.3) is 5.91 Å². The average Bonchev–Trinajstić information content (AvgIpc) is 3.06. The Labute approximate surface area is 151 Å². The fraction of sp³-hybridized carbons (Fsp3) is 0.667.